The van der Waals surface area contributed by atoms with Crippen molar-refractivity contribution in [2.75, 3.05) is 12.8 Å². The molecule has 3 aromatic rings. The molecular weight excluding hydrogens is 356 g/mol. The number of sulfone groups is 1. The van der Waals surface area contributed by atoms with Gasteiger partial charge in [-0.1, -0.05) is 19.1 Å². The largest absolute Gasteiger partial charge is 0.351 e. The minimum atomic E-state index is -3.26. The highest BCUT2D eigenvalue weighted by molar-refractivity contribution is 7.90. The third-order valence-corrected chi connectivity index (χ3v) is 6.24. The summed E-state index contributed by atoms with van der Waals surface area (Å²) in [7, 11) is -3.26. The van der Waals surface area contributed by atoms with E-state index in [9.17, 15) is 13.2 Å². The van der Waals surface area contributed by atoms with E-state index in [4.69, 9.17) is 0 Å². The molecule has 0 bridgehead atoms. The van der Waals surface area contributed by atoms with Crippen molar-refractivity contribution < 1.29 is 13.2 Å². The molecule has 0 saturated carbocycles. The standard InChI is InChI=1S/C18H18N2O3S2/c1-12(18-20-15-5-3-4-6-16(15)24-18)11-19-17(21)13-7-9-14(10-8-13)25(2,22)23/h3-10,12H,11H2,1-2H3,(H,19,21). The first-order chi connectivity index (χ1) is 11.8. The predicted molar refractivity (Wildman–Crippen MR) is 99.9 cm³/mol. The van der Waals surface area contributed by atoms with E-state index in [1.165, 1.54) is 24.3 Å². The van der Waals surface area contributed by atoms with Gasteiger partial charge in [0.05, 0.1) is 20.1 Å². The van der Waals surface area contributed by atoms with Crippen LogP contribution in [0.4, 0.5) is 0 Å². The number of aromatic nitrogens is 1. The fourth-order valence-corrected chi connectivity index (χ4v) is 4.04. The lowest BCUT2D eigenvalue weighted by Gasteiger charge is -2.10. The van der Waals surface area contributed by atoms with Crippen LogP contribution in [0.5, 0.6) is 0 Å². The van der Waals surface area contributed by atoms with E-state index in [0.29, 0.717) is 12.1 Å². The zero-order valence-electron chi connectivity index (χ0n) is 13.9. The van der Waals surface area contributed by atoms with Crippen molar-refractivity contribution >= 4 is 37.3 Å². The molecule has 1 atom stereocenters. The number of nitrogens with one attached hydrogen (secondary N) is 1. The molecule has 3 rings (SSSR count). The normalized spacial score (nSPS) is 12.9. The van der Waals surface area contributed by atoms with E-state index in [-0.39, 0.29) is 16.7 Å². The molecule has 0 fully saturated rings. The lowest BCUT2D eigenvalue weighted by Crippen LogP contribution is -2.27. The summed E-state index contributed by atoms with van der Waals surface area (Å²) in [5.41, 5.74) is 1.40. The number of hydrogen-bond acceptors (Lipinski definition) is 5. The Labute approximate surface area is 150 Å². The molecule has 7 heteroatoms. The molecule has 0 aliphatic heterocycles. The minimum Gasteiger partial charge on any atom is -0.351 e. The van der Waals surface area contributed by atoms with E-state index in [0.717, 1.165) is 21.5 Å². The highest BCUT2D eigenvalue weighted by Crippen LogP contribution is 2.26. The Bertz CT molecular complexity index is 975. The first kappa shape index (κ1) is 17.6. The van der Waals surface area contributed by atoms with Gasteiger partial charge in [-0.05, 0) is 36.4 Å². The van der Waals surface area contributed by atoms with Gasteiger partial charge in [-0.3, -0.25) is 4.79 Å². The number of rotatable bonds is 5. The fourth-order valence-electron chi connectivity index (χ4n) is 2.39. The second-order valence-corrected chi connectivity index (χ2v) is 9.01. The molecule has 5 nitrogen and oxygen atoms in total. The van der Waals surface area contributed by atoms with Crippen LogP contribution in [0, 0.1) is 0 Å². The van der Waals surface area contributed by atoms with E-state index in [2.05, 4.69) is 10.3 Å². The molecule has 25 heavy (non-hydrogen) atoms. The highest BCUT2D eigenvalue weighted by Gasteiger charge is 2.14. The van der Waals surface area contributed by atoms with Gasteiger partial charge in [-0.25, -0.2) is 13.4 Å². The van der Waals surface area contributed by atoms with Crippen LogP contribution in [0.15, 0.2) is 53.4 Å². The zero-order chi connectivity index (χ0) is 18.0. The number of carbonyl (C=O) groups is 1. The third kappa shape index (κ3) is 4.05. The van der Waals surface area contributed by atoms with Crippen LogP contribution in [0.3, 0.4) is 0 Å². The van der Waals surface area contributed by atoms with Crippen molar-refractivity contribution in [3.63, 3.8) is 0 Å². The summed E-state index contributed by atoms with van der Waals surface area (Å²) in [6.45, 7) is 2.48. The molecule has 1 unspecified atom stereocenters. The number of hydrogen-bond donors (Lipinski definition) is 1. The van der Waals surface area contributed by atoms with Crippen LogP contribution in [0.25, 0.3) is 10.2 Å². The summed E-state index contributed by atoms with van der Waals surface area (Å²) in [4.78, 5) is 17.0. The molecule has 0 saturated heterocycles. The number of nitrogens with zero attached hydrogens (tertiary/aromatic N) is 1. The van der Waals surface area contributed by atoms with E-state index < -0.39 is 9.84 Å². The van der Waals surface area contributed by atoms with Crippen molar-refractivity contribution in [3.05, 3.63) is 59.1 Å². The number of benzene rings is 2. The summed E-state index contributed by atoms with van der Waals surface area (Å²) in [6.07, 6.45) is 1.14. The van der Waals surface area contributed by atoms with Gasteiger partial charge in [-0.2, -0.15) is 0 Å². The smallest absolute Gasteiger partial charge is 0.251 e. The Morgan fingerprint density at radius 3 is 2.48 bits per heavy atom. The lowest BCUT2D eigenvalue weighted by atomic mass is 10.1. The van der Waals surface area contributed by atoms with Gasteiger partial charge in [0.15, 0.2) is 9.84 Å². The van der Waals surface area contributed by atoms with E-state index in [1.807, 2.05) is 31.2 Å². The van der Waals surface area contributed by atoms with E-state index in [1.54, 1.807) is 11.3 Å². The number of amides is 1. The molecule has 0 radical (unpaired) electrons. The average Bonchev–Trinajstić information content (AvgIpc) is 3.03. The molecule has 0 aliphatic carbocycles. The highest BCUT2D eigenvalue weighted by atomic mass is 32.2. The Morgan fingerprint density at radius 2 is 1.84 bits per heavy atom. The molecule has 0 spiro atoms. The summed E-state index contributed by atoms with van der Waals surface area (Å²) in [6, 6.07) is 13.9. The molecule has 1 amide bonds. The Kier molecular flexibility index (Phi) is 4.87. The molecular formula is C18H18N2O3S2. The molecule has 130 valence electrons. The Morgan fingerprint density at radius 1 is 1.16 bits per heavy atom. The maximum Gasteiger partial charge on any atom is 0.251 e. The Balaban J connectivity index is 1.65. The maximum atomic E-state index is 12.2. The molecule has 1 N–H and O–H groups in total. The van der Waals surface area contributed by atoms with Crippen molar-refractivity contribution in [1.82, 2.24) is 10.3 Å². The van der Waals surface area contributed by atoms with Crippen molar-refractivity contribution in [1.29, 1.82) is 0 Å². The van der Waals surface area contributed by atoms with Gasteiger partial charge in [0.1, 0.15) is 0 Å². The van der Waals surface area contributed by atoms with Crippen LogP contribution in [-0.2, 0) is 9.84 Å². The first-order valence-corrected chi connectivity index (χ1v) is 10.5. The second kappa shape index (κ2) is 6.93. The van der Waals surface area contributed by atoms with Gasteiger partial charge in [0, 0.05) is 24.3 Å². The maximum absolute atomic E-state index is 12.2. The Hall–Kier alpha value is -2.25. The van der Waals surface area contributed by atoms with Crippen LogP contribution in [0.1, 0.15) is 28.2 Å². The summed E-state index contributed by atoms with van der Waals surface area (Å²) in [5, 5.41) is 3.86. The fraction of sp³-hybridized carbons (Fsp3) is 0.222. The van der Waals surface area contributed by atoms with Crippen molar-refractivity contribution in [2.45, 2.75) is 17.7 Å². The summed E-state index contributed by atoms with van der Waals surface area (Å²) in [5.74, 6) is -0.135. The predicted octanol–water partition coefficient (Wildman–Crippen LogP) is 3.23. The molecule has 0 aliphatic rings. The summed E-state index contributed by atoms with van der Waals surface area (Å²) < 4.78 is 24.0. The lowest BCUT2D eigenvalue weighted by molar-refractivity contribution is 0.0951. The van der Waals surface area contributed by atoms with Gasteiger partial charge < -0.3 is 5.32 Å². The molecule has 2 aromatic carbocycles. The SMILES string of the molecule is CC(CNC(=O)c1ccc(S(C)(=O)=O)cc1)c1nc2ccccc2s1. The second-order valence-electron chi connectivity index (χ2n) is 5.93. The van der Waals surface area contributed by atoms with Crippen LogP contribution in [-0.4, -0.2) is 32.1 Å². The van der Waals surface area contributed by atoms with Crippen LogP contribution in [0.2, 0.25) is 0 Å². The topological polar surface area (TPSA) is 76.1 Å². The monoisotopic (exact) mass is 374 g/mol. The van der Waals surface area contributed by atoms with Crippen LogP contribution < -0.4 is 5.32 Å². The van der Waals surface area contributed by atoms with Gasteiger partial charge in [0.25, 0.3) is 5.91 Å². The molecule has 1 aromatic heterocycles. The quantitative estimate of drug-likeness (QED) is 0.744. The van der Waals surface area contributed by atoms with Gasteiger partial charge in [0.2, 0.25) is 0 Å². The first-order valence-electron chi connectivity index (χ1n) is 7.78. The number of thiazole rings is 1. The number of fused-ring (bicyclic) bond motifs is 1. The zero-order valence-corrected chi connectivity index (χ0v) is 15.5. The molecule has 1 heterocycles. The third-order valence-electron chi connectivity index (χ3n) is 3.85. The van der Waals surface area contributed by atoms with Crippen LogP contribution >= 0.6 is 11.3 Å². The minimum absolute atomic E-state index is 0.0941. The van der Waals surface area contributed by atoms with Gasteiger partial charge in [-0.15, -0.1) is 11.3 Å². The summed E-state index contributed by atoms with van der Waals surface area (Å²) >= 11 is 1.63. The van der Waals surface area contributed by atoms with Gasteiger partial charge >= 0.3 is 0 Å². The van der Waals surface area contributed by atoms with Crippen molar-refractivity contribution in [2.24, 2.45) is 0 Å². The van der Waals surface area contributed by atoms with E-state index >= 15 is 0 Å². The average molecular weight is 374 g/mol. The number of carbonyl (C=O) groups excluding carboxylic acids is 1. The number of para-hydroxylation sites is 1. The van der Waals surface area contributed by atoms with Crippen molar-refractivity contribution in [3.8, 4) is 0 Å².